The van der Waals surface area contributed by atoms with E-state index in [4.69, 9.17) is 9.47 Å². The van der Waals surface area contributed by atoms with Crippen LogP contribution >= 0.6 is 0 Å². The Hall–Kier alpha value is -3.22. The van der Waals surface area contributed by atoms with Crippen LogP contribution in [0, 0.1) is 0 Å². The van der Waals surface area contributed by atoms with Gasteiger partial charge in [-0.15, -0.1) is 0 Å². The number of fused-ring (bicyclic) bond motifs is 2. The van der Waals surface area contributed by atoms with Gasteiger partial charge in [-0.05, 0) is 61.2 Å². The van der Waals surface area contributed by atoms with Gasteiger partial charge in [0.1, 0.15) is 23.7 Å². The van der Waals surface area contributed by atoms with E-state index in [9.17, 15) is 5.11 Å². The van der Waals surface area contributed by atoms with Crippen molar-refractivity contribution in [3.05, 3.63) is 89.5 Å². The highest BCUT2D eigenvalue weighted by Crippen LogP contribution is 2.38. The van der Waals surface area contributed by atoms with Crippen LogP contribution in [-0.4, -0.2) is 46.7 Å². The Bertz CT molecular complexity index is 1140. The van der Waals surface area contributed by atoms with Crippen LogP contribution in [0.25, 0.3) is 5.57 Å². The molecule has 0 saturated carbocycles. The molecule has 170 valence electrons. The predicted octanol–water partition coefficient (Wildman–Crippen LogP) is 4.18. The molecule has 0 radical (unpaired) electrons. The molecule has 5 rings (SSSR count). The number of pyridine rings is 2. The lowest BCUT2D eigenvalue weighted by Gasteiger charge is -2.37. The summed E-state index contributed by atoms with van der Waals surface area (Å²) in [5, 5.41) is 11.1. The number of piperidine rings is 1. The monoisotopic (exact) mass is 443 g/mol. The SMILES string of the molecule is COc1ccc2c(c1)/C(=C/CCN1CCC(O)(c3ccccn3)CC1)c1cccnc1CO2. The Morgan fingerprint density at radius 1 is 1.06 bits per heavy atom. The first-order valence-electron chi connectivity index (χ1n) is 11.5. The number of methoxy groups -OCH3 is 1. The summed E-state index contributed by atoms with van der Waals surface area (Å²) >= 11 is 0. The fourth-order valence-corrected chi connectivity index (χ4v) is 4.71. The van der Waals surface area contributed by atoms with Crippen molar-refractivity contribution in [3.63, 3.8) is 0 Å². The van der Waals surface area contributed by atoms with E-state index < -0.39 is 5.60 Å². The van der Waals surface area contributed by atoms with E-state index >= 15 is 0 Å². The fraction of sp³-hybridized carbons (Fsp3) is 0.333. The number of benzene rings is 1. The number of likely N-dealkylation sites (tertiary alicyclic amines) is 1. The average Bonchev–Trinajstić information content (AvgIpc) is 3.02. The van der Waals surface area contributed by atoms with Crippen molar-refractivity contribution in [1.29, 1.82) is 0 Å². The van der Waals surface area contributed by atoms with Gasteiger partial charge in [-0.2, -0.15) is 0 Å². The molecule has 4 heterocycles. The van der Waals surface area contributed by atoms with Gasteiger partial charge < -0.3 is 19.5 Å². The van der Waals surface area contributed by atoms with E-state index in [0.717, 1.165) is 65.6 Å². The molecule has 1 N–H and O–H groups in total. The van der Waals surface area contributed by atoms with E-state index in [-0.39, 0.29) is 0 Å². The number of hydrogen-bond acceptors (Lipinski definition) is 6. The maximum absolute atomic E-state index is 11.1. The van der Waals surface area contributed by atoms with Crippen molar-refractivity contribution in [3.8, 4) is 11.5 Å². The summed E-state index contributed by atoms with van der Waals surface area (Å²) < 4.78 is 11.5. The first kappa shape index (κ1) is 21.6. The number of aliphatic hydroxyl groups is 1. The Balaban J connectivity index is 1.33. The molecule has 0 atom stereocenters. The van der Waals surface area contributed by atoms with E-state index in [1.807, 2.05) is 48.7 Å². The summed E-state index contributed by atoms with van der Waals surface area (Å²) in [5.74, 6) is 1.65. The third kappa shape index (κ3) is 4.49. The van der Waals surface area contributed by atoms with Crippen LogP contribution in [-0.2, 0) is 12.2 Å². The largest absolute Gasteiger partial charge is 0.497 e. The van der Waals surface area contributed by atoms with Crippen molar-refractivity contribution in [2.75, 3.05) is 26.7 Å². The highest BCUT2D eigenvalue weighted by Gasteiger charge is 2.34. The smallest absolute Gasteiger partial charge is 0.131 e. The number of ether oxygens (including phenoxy) is 2. The Morgan fingerprint density at radius 2 is 1.91 bits per heavy atom. The molecular weight excluding hydrogens is 414 g/mol. The molecule has 0 bridgehead atoms. The summed E-state index contributed by atoms with van der Waals surface area (Å²) in [6.45, 7) is 3.08. The topological polar surface area (TPSA) is 67.7 Å². The molecule has 1 aromatic carbocycles. The first-order valence-corrected chi connectivity index (χ1v) is 11.5. The second-order valence-corrected chi connectivity index (χ2v) is 8.64. The van der Waals surface area contributed by atoms with Gasteiger partial charge in [0, 0.05) is 43.2 Å². The van der Waals surface area contributed by atoms with E-state index in [0.29, 0.717) is 19.4 Å². The van der Waals surface area contributed by atoms with Crippen molar-refractivity contribution >= 4 is 5.57 Å². The molecule has 0 aliphatic carbocycles. The Morgan fingerprint density at radius 3 is 2.70 bits per heavy atom. The summed E-state index contributed by atoms with van der Waals surface area (Å²) in [6, 6.07) is 15.8. The second-order valence-electron chi connectivity index (χ2n) is 8.64. The minimum absolute atomic E-state index is 0.449. The van der Waals surface area contributed by atoms with Crippen LogP contribution in [0.2, 0.25) is 0 Å². The van der Waals surface area contributed by atoms with Gasteiger partial charge in [0.2, 0.25) is 0 Å². The molecule has 2 aromatic heterocycles. The lowest BCUT2D eigenvalue weighted by molar-refractivity contribution is -0.0288. The van der Waals surface area contributed by atoms with Crippen LogP contribution in [0.4, 0.5) is 0 Å². The highest BCUT2D eigenvalue weighted by atomic mass is 16.5. The first-order chi connectivity index (χ1) is 16.2. The Kier molecular flexibility index (Phi) is 6.11. The number of rotatable bonds is 5. The molecule has 0 unspecified atom stereocenters. The fourth-order valence-electron chi connectivity index (χ4n) is 4.71. The lowest BCUT2D eigenvalue weighted by atomic mass is 9.87. The molecular formula is C27H29N3O3. The number of nitrogens with zero attached hydrogens (tertiary/aromatic N) is 3. The van der Waals surface area contributed by atoms with Gasteiger partial charge in [-0.3, -0.25) is 9.97 Å². The van der Waals surface area contributed by atoms with Crippen LogP contribution < -0.4 is 9.47 Å². The van der Waals surface area contributed by atoms with Gasteiger partial charge in [0.05, 0.1) is 18.5 Å². The summed E-state index contributed by atoms with van der Waals surface area (Å²) in [7, 11) is 1.68. The zero-order chi connectivity index (χ0) is 22.7. The molecule has 0 spiro atoms. The number of aromatic nitrogens is 2. The van der Waals surface area contributed by atoms with Gasteiger partial charge in [-0.25, -0.2) is 0 Å². The van der Waals surface area contributed by atoms with Crippen molar-refractivity contribution in [1.82, 2.24) is 14.9 Å². The molecule has 6 nitrogen and oxygen atoms in total. The zero-order valence-electron chi connectivity index (χ0n) is 18.9. The molecule has 2 aliphatic heterocycles. The van der Waals surface area contributed by atoms with Gasteiger partial charge in [0.25, 0.3) is 0 Å². The summed E-state index contributed by atoms with van der Waals surface area (Å²) in [4.78, 5) is 11.4. The van der Waals surface area contributed by atoms with Gasteiger partial charge in [-0.1, -0.05) is 18.2 Å². The van der Waals surface area contributed by atoms with Crippen LogP contribution in [0.5, 0.6) is 11.5 Å². The van der Waals surface area contributed by atoms with Crippen LogP contribution in [0.1, 0.15) is 41.8 Å². The normalized spacial score (nSPS) is 18.7. The van der Waals surface area contributed by atoms with Gasteiger partial charge in [0.15, 0.2) is 0 Å². The third-order valence-electron chi connectivity index (χ3n) is 6.64. The molecule has 3 aromatic rings. The quantitative estimate of drug-likeness (QED) is 0.638. The van der Waals surface area contributed by atoms with Crippen molar-refractivity contribution in [2.24, 2.45) is 0 Å². The molecule has 2 aliphatic rings. The second kappa shape index (κ2) is 9.33. The van der Waals surface area contributed by atoms with Crippen molar-refractivity contribution in [2.45, 2.75) is 31.5 Å². The predicted molar refractivity (Wildman–Crippen MR) is 127 cm³/mol. The third-order valence-corrected chi connectivity index (χ3v) is 6.64. The molecule has 1 fully saturated rings. The van der Waals surface area contributed by atoms with E-state index in [2.05, 4.69) is 27.0 Å². The van der Waals surface area contributed by atoms with E-state index in [1.165, 1.54) is 0 Å². The summed E-state index contributed by atoms with van der Waals surface area (Å²) in [5.41, 5.74) is 4.16. The maximum Gasteiger partial charge on any atom is 0.131 e. The van der Waals surface area contributed by atoms with E-state index in [1.54, 1.807) is 13.3 Å². The number of hydrogen-bond donors (Lipinski definition) is 1. The lowest BCUT2D eigenvalue weighted by Crippen LogP contribution is -2.43. The van der Waals surface area contributed by atoms with Gasteiger partial charge >= 0.3 is 0 Å². The molecule has 0 amide bonds. The molecule has 1 saturated heterocycles. The Labute approximate surface area is 194 Å². The molecule has 6 heteroatoms. The zero-order valence-corrected chi connectivity index (χ0v) is 18.9. The molecule has 33 heavy (non-hydrogen) atoms. The minimum Gasteiger partial charge on any atom is -0.497 e. The standard InChI is InChI=1S/C27H29N3O3/c1-32-20-9-10-25-23(18-20)21(22-6-4-14-28-24(22)19-33-25)7-5-15-30-16-11-27(31,12-17-30)26-8-2-3-13-29-26/h2-4,6-10,13-14,18,31H,5,11-12,15-17,19H2,1H3/b21-7+. The van der Waals surface area contributed by atoms with Crippen LogP contribution in [0.15, 0.2) is 67.0 Å². The van der Waals surface area contributed by atoms with Crippen molar-refractivity contribution < 1.29 is 14.6 Å². The van der Waals surface area contributed by atoms with Crippen LogP contribution in [0.3, 0.4) is 0 Å². The summed E-state index contributed by atoms with van der Waals surface area (Å²) in [6.07, 6.45) is 8.13. The maximum atomic E-state index is 11.1. The highest BCUT2D eigenvalue weighted by molar-refractivity contribution is 5.85. The average molecular weight is 444 g/mol. The minimum atomic E-state index is -0.824.